The lowest BCUT2D eigenvalue weighted by molar-refractivity contribution is 0.0926. The lowest BCUT2D eigenvalue weighted by Gasteiger charge is -2.29. The minimum atomic E-state index is -0.115. The number of hydrogen-bond acceptors (Lipinski definition) is 5. The number of hydrogen-bond donors (Lipinski definition) is 3. The molecule has 114 valence electrons. The summed E-state index contributed by atoms with van der Waals surface area (Å²) >= 11 is 1.39. The highest BCUT2D eigenvalue weighted by molar-refractivity contribution is 7.21. The largest absolute Gasteiger partial charge is 0.397 e. The van der Waals surface area contributed by atoms with Gasteiger partial charge in [-0.3, -0.25) is 9.48 Å². The number of nitrogens with two attached hydrogens (primary N) is 2. The maximum Gasteiger partial charge on any atom is 0.263 e. The van der Waals surface area contributed by atoms with E-state index in [-0.39, 0.29) is 18.0 Å². The zero-order valence-electron chi connectivity index (χ0n) is 12.3. The smallest absolute Gasteiger partial charge is 0.263 e. The Labute approximate surface area is 127 Å². The molecule has 2 aromatic heterocycles. The van der Waals surface area contributed by atoms with Crippen LogP contribution in [-0.4, -0.2) is 27.8 Å². The molecule has 7 heteroatoms. The number of fused-ring (bicyclic) bond motifs is 1. The number of carbonyl (C=O) groups excluding carboxylic acids is 1. The van der Waals surface area contributed by atoms with Gasteiger partial charge in [0.05, 0.1) is 16.8 Å². The first-order chi connectivity index (χ1) is 9.99. The second kappa shape index (κ2) is 5.31. The maximum atomic E-state index is 12.5. The van der Waals surface area contributed by atoms with Crippen molar-refractivity contribution >= 4 is 33.1 Å². The van der Waals surface area contributed by atoms with Crippen molar-refractivity contribution < 1.29 is 4.79 Å². The average molecular weight is 307 g/mol. The number of rotatable bonds is 2. The van der Waals surface area contributed by atoms with Gasteiger partial charge < -0.3 is 16.8 Å². The van der Waals surface area contributed by atoms with Gasteiger partial charge in [0.25, 0.3) is 5.91 Å². The zero-order valence-corrected chi connectivity index (χ0v) is 13.2. The fourth-order valence-corrected chi connectivity index (χ4v) is 4.16. The van der Waals surface area contributed by atoms with Crippen LogP contribution >= 0.6 is 11.3 Å². The number of thiophene rings is 1. The molecule has 1 fully saturated rings. The Morgan fingerprint density at radius 3 is 2.81 bits per heavy atom. The van der Waals surface area contributed by atoms with Gasteiger partial charge in [0, 0.05) is 19.1 Å². The third-order valence-corrected chi connectivity index (χ3v) is 5.50. The zero-order chi connectivity index (χ0) is 15.1. The predicted octanol–water partition coefficient (Wildman–Crippen LogP) is 1.53. The lowest BCUT2D eigenvalue weighted by atomic mass is 9.91. The first kappa shape index (κ1) is 14.3. The number of aryl methyl sites for hydroxylation is 2. The molecule has 0 aliphatic heterocycles. The molecule has 3 rings (SSSR count). The molecule has 1 amide bonds. The normalized spacial score (nSPS) is 22.6. The van der Waals surface area contributed by atoms with Gasteiger partial charge in [-0.2, -0.15) is 5.10 Å². The highest BCUT2D eigenvalue weighted by atomic mass is 32.1. The van der Waals surface area contributed by atoms with Crippen LogP contribution in [0.5, 0.6) is 0 Å². The van der Waals surface area contributed by atoms with E-state index < -0.39 is 0 Å². The van der Waals surface area contributed by atoms with Crippen molar-refractivity contribution in [3.8, 4) is 0 Å². The summed E-state index contributed by atoms with van der Waals surface area (Å²) in [5.74, 6) is -0.115. The molecule has 2 heterocycles. The molecular weight excluding hydrogens is 286 g/mol. The molecule has 5 N–H and O–H groups in total. The van der Waals surface area contributed by atoms with Gasteiger partial charge in [-0.15, -0.1) is 11.3 Å². The van der Waals surface area contributed by atoms with Crippen molar-refractivity contribution in [2.75, 3.05) is 5.73 Å². The Balaban J connectivity index is 1.88. The molecule has 0 bridgehead atoms. The van der Waals surface area contributed by atoms with E-state index in [1.165, 1.54) is 11.3 Å². The van der Waals surface area contributed by atoms with E-state index in [2.05, 4.69) is 10.4 Å². The van der Waals surface area contributed by atoms with Crippen LogP contribution in [0, 0.1) is 6.92 Å². The Bertz CT molecular complexity index is 689. The fraction of sp³-hybridized carbons (Fsp3) is 0.571. The third-order valence-electron chi connectivity index (χ3n) is 4.22. The van der Waals surface area contributed by atoms with Crippen molar-refractivity contribution in [3.05, 3.63) is 10.6 Å². The van der Waals surface area contributed by atoms with Crippen LogP contribution in [0.1, 0.15) is 41.0 Å². The van der Waals surface area contributed by atoms with Gasteiger partial charge in [0.15, 0.2) is 0 Å². The summed E-state index contributed by atoms with van der Waals surface area (Å²) in [5.41, 5.74) is 13.6. The summed E-state index contributed by atoms with van der Waals surface area (Å²) in [6, 6.07) is 0.0942. The van der Waals surface area contributed by atoms with Gasteiger partial charge in [-0.1, -0.05) is 12.8 Å². The van der Waals surface area contributed by atoms with Crippen LogP contribution in [0.15, 0.2) is 0 Å². The van der Waals surface area contributed by atoms with Crippen molar-refractivity contribution in [2.24, 2.45) is 12.8 Å². The van der Waals surface area contributed by atoms with E-state index in [4.69, 9.17) is 11.5 Å². The van der Waals surface area contributed by atoms with E-state index in [1.807, 2.05) is 14.0 Å². The minimum Gasteiger partial charge on any atom is -0.397 e. The fourth-order valence-electron chi connectivity index (χ4n) is 3.07. The molecule has 2 aromatic rings. The summed E-state index contributed by atoms with van der Waals surface area (Å²) in [6.07, 6.45) is 4.17. The number of carbonyl (C=O) groups is 1. The van der Waals surface area contributed by atoms with E-state index in [9.17, 15) is 4.79 Å². The molecule has 1 saturated carbocycles. The Morgan fingerprint density at radius 1 is 1.43 bits per heavy atom. The number of nitrogen functional groups attached to an aromatic ring is 1. The Kier molecular flexibility index (Phi) is 3.62. The molecule has 2 atom stereocenters. The van der Waals surface area contributed by atoms with Gasteiger partial charge in [-0.05, 0) is 19.8 Å². The number of nitrogens with one attached hydrogen (secondary N) is 1. The molecule has 0 radical (unpaired) electrons. The maximum absolute atomic E-state index is 12.5. The van der Waals surface area contributed by atoms with Gasteiger partial charge in [0.2, 0.25) is 0 Å². The lowest BCUT2D eigenvalue weighted by Crippen LogP contribution is -2.49. The highest BCUT2D eigenvalue weighted by Gasteiger charge is 2.26. The van der Waals surface area contributed by atoms with E-state index in [0.29, 0.717) is 10.6 Å². The Hall–Kier alpha value is -1.60. The molecule has 6 nitrogen and oxygen atoms in total. The first-order valence-corrected chi connectivity index (χ1v) is 8.08. The SMILES string of the molecule is Cc1nn(C)c2sc(C(=O)NC3CCCCC3N)c(N)c12. The molecule has 1 aliphatic carbocycles. The van der Waals surface area contributed by atoms with Crippen molar-refractivity contribution in [1.29, 1.82) is 0 Å². The first-order valence-electron chi connectivity index (χ1n) is 7.27. The summed E-state index contributed by atoms with van der Waals surface area (Å²) in [7, 11) is 1.87. The van der Waals surface area contributed by atoms with Gasteiger partial charge >= 0.3 is 0 Å². The summed E-state index contributed by atoms with van der Waals surface area (Å²) in [6.45, 7) is 1.91. The quantitative estimate of drug-likeness (QED) is 0.783. The summed E-state index contributed by atoms with van der Waals surface area (Å²) in [4.78, 5) is 14.0. The minimum absolute atomic E-state index is 0.0432. The summed E-state index contributed by atoms with van der Waals surface area (Å²) in [5, 5.41) is 8.28. The molecule has 0 spiro atoms. The monoisotopic (exact) mass is 307 g/mol. The number of nitrogens with zero attached hydrogens (tertiary/aromatic N) is 2. The van der Waals surface area contributed by atoms with E-state index in [0.717, 1.165) is 41.6 Å². The highest BCUT2D eigenvalue weighted by Crippen LogP contribution is 2.35. The third kappa shape index (κ3) is 2.40. The second-order valence-electron chi connectivity index (χ2n) is 5.76. The van der Waals surface area contributed by atoms with Crippen molar-refractivity contribution in [1.82, 2.24) is 15.1 Å². The van der Waals surface area contributed by atoms with E-state index in [1.54, 1.807) is 4.68 Å². The molecule has 1 aliphatic rings. The number of amides is 1. The van der Waals surface area contributed by atoms with Gasteiger partial charge in [0.1, 0.15) is 9.71 Å². The average Bonchev–Trinajstić information content (AvgIpc) is 2.92. The van der Waals surface area contributed by atoms with Crippen LogP contribution in [0.2, 0.25) is 0 Å². The van der Waals surface area contributed by atoms with Crippen LogP contribution in [0.4, 0.5) is 5.69 Å². The predicted molar refractivity (Wildman–Crippen MR) is 85.4 cm³/mol. The van der Waals surface area contributed by atoms with Crippen LogP contribution in [0.3, 0.4) is 0 Å². The molecular formula is C14H21N5OS. The topological polar surface area (TPSA) is 99.0 Å². The van der Waals surface area contributed by atoms with Crippen LogP contribution in [0.25, 0.3) is 10.2 Å². The molecule has 0 aromatic carbocycles. The molecule has 2 unspecified atom stereocenters. The molecule has 0 saturated heterocycles. The second-order valence-corrected chi connectivity index (χ2v) is 6.76. The van der Waals surface area contributed by atoms with Crippen molar-refractivity contribution in [2.45, 2.75) is 44.7 Å². The Morgan fingerprint density at radius 2 is 2.14 bits per heavy atom. The molecule has 21 heavy (non-hydrogen) atoms. The number of anilines is 1. The standard InChI is InChI=1S/C14H21N5OS/c1-7-10-11(16)12(21-14(10)19(2)18-7)13(20)17-9-6-4-3-5-8(9)15/h8-9H,3-6,15-16H2,1-2H3,(H,17,20). The summed E-state index contributed by atoms with van der Waals surface area (Å²) < 4.78 is 1.77. The number of aromatic nitrogens is 2. The van der Waals surface area contributed by atoms with Gasteiger partial charge in [-0.25, -0.2) is 0 Å². The van der Waals surface area contributed by atoms with Crippen molar-refractivity contribution in [3.63, 3.8) is 0 Å². The van der Waals surface area contributed by atoms with Crippen LogP contribution < -0.4 is 16.8 Å². The van der Waals surface area contributed by atoms with E-state index >= 15 is 0 Å². The van der Waals surface area contributed by atoms with Crippen LogP contribution in [-0.2, 0) is 7.05 Å².